The Morgan fingerprint density at radius 1 is 1.29 bits per heavy atom. The maximum atomic E-state index is 9.61. The fraction of sp³-hybridized carbons (Fsp3) is 0.667. The first kappa shape index (κ1) is 14.9. The van der Waals surface area contributed by atoms with Crippen molar-refractivity contribution in [3.63, 3.8) is 0 Å². The zero-order chi connectivity index (χ0) is 14.7. The molecule has 2 atom stereocenters. The first-order valence-electron chi connectivity index (χ1n) is 8.26. The maximum absolute atomic E-state index is 9.61. The molecule has 3 heteroatoms. The van der Waals surface area contributed by atoms with Crippen molar-refractivity contribution in [2.75, 3.05) is 6.61 Å². The summed E-state index contributed by atoms with van der Waals surface area (Å²) in [5.41, 5.74) is 1.05. The second-order valence-corrected chi connectivity index (χ2v) is 6.58. The third-order valence-corrected chi connectivity index (χ3v) is 4.88. The van der Waals surface area contributed by atoms with Crippen molar-refractivity contribution in [1.82, 2.24) is 0 Å². The SMILES string of the molecule is C[C@H](O)c1cccc(OCC2CCC3(CCCCC3)O2)c1. The zero-order valence-electron chi connectivity index (χ0n) is 12.9. The molecule has 3 nitrogen and oxygen atoms in total. The lowest BCUT2D eigenvalue weighted by molar-refractivity contribution is -0.0748. The average Bonchev–Trinajstić information content (AvgIpc) is 2.89. The van der Waals surface area contributed by atoms with Gasteiger partial charge in [-0.1, -0.05) is 31.4 Å². The summed E-state index contributed by atoms with van der Waals surface area (Å²) in [6, 6.07) is 7.70. The van der Waals surface area contributed by atoms with Crippen LogP contribution in [-0.2, 0) is 4.74 Å². The van der Waals surface area contributed by atoms with E-state index in [9.17, 15) is 5.11 Å². The molecule has 1 saturated heterocycles. The highest BCUT2D eigenvalue weighted by Gasteiger charge is 2.40. The number of benzene rings is 1. The van der Waals surface area contributed by atoms with Crippen molar-refractivity contribution in [3.05, 3.63) is 29.8 Å². The monoisotopic (exact) mass is 290 g/mol. The predicted molar refractivity (Wildman–Crippen MR) is 82.5 cm³/mol. The highest BCUT2D eigenvalue weighted by Crippen LogP contribution is 2.41. The molecule has 1 unspecified atom stereocenters. The van der Waals surface area contributed by atoms with Crippen molar-refractivity contribution in [2.24, 2.45) is 0 Å². The molecule has 0 aromatic heterocycles. The Morgan fingerprint density at radius 2 is 2.10 bits per heavy atom. The first-order valence-corrected chi connectivity index (χ1v) is 8.26. The highest BCUT2D eigenvalue weighted by atomic mass is 16.6. The van der Waals surface area contributed by atoms with E-state index in [1.165, 1.54) is 38.5 Å². The van der Waals surface area contributed by atoms with Crippen LogP contribution in [0.15, 0.2) is 24.3 Å². The van der Waals surface area contributed by atoms with Crippen LogP contribution >= 0.6 is 0 Å². The third-order valence-electron chi connectivity index (χ3n) is 4.88. The molecule has 1 N–H and O–H groups in total. The van der Waals surface area contributed by atoms with Gasteiger partial charge in [0.2, 0.25) is 0 Å². The Balaban J connectivity index is 1.53. The van der Waals surface area contributed by atoms with Gasteiger partial charge in [0.1, 0.15) is 12.4 Å². The summed E-state index contributed by atoms with van der Waals surface area (Å²) in [4.78, 5) is 0. The Hall–Kier alpha value is -1.06. The van der Waals surface area contributed by atoms with Crippen molar-refractivity contribution in [2.45, 2.75) is 69.7 Å². The van der Waals surface area contributed by atoms with Crippen LogP contribution in [0.25, 0.3) is 0 Å². The zero-order valence-corrected chi connectivity index (χ0v) is 12.9. The molecule has 1 aromatic carbocycles. The van der Waals surface area contributed by atoms with Gasteiger partial charge in [-0.05, 0) is 50.3 Å². The Labute approximate surface area is 127 Å². The van der Waals surface area contributed by atoms with E-state index in [1.54, 1.807) is 6.92 Å². The Morgan fingerprint density at radius 3 is 2.86 bits per heavy atom. The van der Waals surface area contributed by atoms with Crippen LogP contribution in [-0.4, -0.2) is 23.4 Å². The highest BCUT2D eigenvalue weighted by molar-refractivity contribution is 5.29. The molecule has 1 aliphatic carbocycles. The fourth-order valence-electron chi connectivity index (χ4n) is 3.63. The van der Waals surface area contributed by atoms with E-state index >= 15 is 0 Å². The minimum absolute atomic E-state index is 0.160. The largest absolute Gasteiger partial charge is 0.491 e. The van der Waals surface area contributed by atoms with E-state index in [2.05, 4.69) is 0 Å². The second-order valence-electron chi connectivity index (χ2n) is 6.58. The van der Waals surface area contributed by atoms with E-state index < -0.39 is 6.10 Å². The van der Waals surface area contributed by atoms with E-state index in [1.807, 2.05) is 24.3 Å². The molecule has 21 heavy (non-hydrogen) atoms. The average molecular weight is 290 g/mol. The van der Waals surface area contributed by atoms with Crippen molar-refractivity contribution >= 4 is 0 Å². The van der Waals surface area contributed by atoms with Crippen LogP contribution in [0.3, 0.4) is 0 Å². The van der Waals surface area contributed by atoms with Crippen LogP contribution in [0.5, 0.6) is 5.75 Å². The summed E-state index contributed by atoms with van der Waals surface area (Å²) in [5, 5.41) is 9.61. The summed E-state index contributed by atoms with van der Waals surface area (Å²) in [5.74, 6) is 0.821. The van der Waals surface area contributed by atoms with Crippen molar-refractivity contribution < 1.29 is 14.6 Å². The molecule has 1 aliphatic heterocycles. The molecule has 3 rings (SSSR count). The van der Waals surface area contributed by atoms with Crippen LogP contribution in [0.4, 0.5) is 0 Å². The van der Waals surface area contributed by atoms with E-state index in [-0.39, 0.29) is 11.7 Å². The van der Waals surface area contributed by atoms with Gasteiger partial charge in [-0.15, -0.1) is 0 Å². The number of aliphatic hydroxyl groups excluding tert-OH is 1. The number of hydrogen-bond donors (Lipinski definition) is 1. The maximum Gasteiger partial charge on any atom is 0.119 e. The van der Waals surface area contributed by atoms with E-state index in [0.717, 1.165) is 17.7 Å². The van der Waals surface area contributed by atoms with Gasteiger partial charge in [0.15, 0.2) is 0 Å². The minimum atomic E-state index is -0.457. The quantitative estimate of drug-likeness (QED) is 0.911. The van der Waals surface area contributed by atoms with Gasteiger partial charge in [-0.2, -0.15) is 0 Å². The molecule has 2 aliphatic rings. The van der Waals surface area contributed by atoms with Crippen LogP contribution in [0.2, 0.25) is 0 Å². The van der Waals surface area contributed by atoms with Gasteiger partial charge < -0.3 is 14.6 Å². The molecule has 2 fully saturated rings. The van der Waals surface area contributed by atoms with Gasteiger partial charge in [0.25, 0.3) is 0 Å². The van der Waals surface area contributed by atoms with E-state index in [0.29, 0.717) is 6.61 Å². The van der Waals surface area contributed by atoms with Gasteiger partial charge in [-0.3, -0.25) is 0 Å². The standard InChI is InChI=1S/C18H26O3/c1-14(19)15-6-5-7-16(12-15)20-13-17-8-11-18(21-17)9-3-2-4-10-18/h5-7,12,14,17,19H,2-4,8-11,13H2,1H3/t14-,17?/m0/s1. The normalized spacial score (nSPS) is 25.9. The Kier molecular flexibility index (Phi) is 4.51. The topological polar surface area (TPSA) is 38.7 Å². The van der Waals surface area contributed by atoms with Crippen LogP contribution in [0.1, 0.15) is 63.5 Å². The smallest absolute Gasteiger partial charge is 0.119 e. The molecule has 1 heterocycles. The predicted octanol–water partition coefficient (Wildman–Crippen LogP) is 4.00. The first-order chi connectivity index (χ1) is 10.2. The lowest BCUT2D eigenvalue weighted by Crippen LogP contribution is -2.32. The van der Waals surface area contributed by atoms with Crippen molar-refractivity contribution in [1.29, 1.82) is 0 Å². The Bertz CT molecular complexity index is 463. The molecular formula is C18H26O3. The van der Waals surface area contributed by atoms with Gasteiger partial charge >= 0.3 is 0 Å². The molecule has 0 radical (unpaired) electrons. The summed E-state index contributed by atoms with van der Waals surface area (Å²) in [6.07, 6.45) is 8.49. The third kappa shape index (κ3) is 3.58. The fourth-order valence-corrected chi connectivity index (χ4v) is 3.63. The van der Waals surface area contributed by atoms with Gasteiger partial charge in [0, 0.05) is 0 Å². The lowest BCUT2D eigenvalue weighted by atomic mass is 9.83. The minimum Gasteiger partial charge on any atom is -0.491 e. The molecule has 1 spiro atoms. The molecule has 1 saturated carbocycles. The molecule has 116 valence electrons. The molecule has 0 amide bonds. The summed E-state index contributed by atoms with van der Waals surface area (Å²) >= 11 is 0. The van der Waals surface area contributed by atoms with Crippen LogP contribution in [0, 0.1) is 0 Å². The number of aliphatic hydroxyl groups is 1. The lowest BCUT2D eigenvalue weighted by Gasteiger charge is -2.33. The molecule has 0 bridgehead atoms. The second kappa shape index (κ2) is 6.37. The van der Waals surface area contributed by atoms with Crippen molar-refractivity contribution in [3.8, 4) is 5.75 Å². The number of ether oxygens (including phenoxy) is 2. The summed E-state index contributed by atoms with van der Waals surface area (Å²) < 4.78 is 12.2. The summed E-state index contributed by atoms with van der Waals surface area (Å²) in [7, 11) is 0. The van der Waals surface area contributed by atoms with Gasteiger partial charge in [-0.25, -0.2) is 0 Å². The molecule has 1 aromatic rings. The summed E-state index contributed by atoms with van der Waals surface area (Å²) in [6.45, 7) is 2.39. The van der Waals surface area contributed by atoms with E-state index in [4.69, 9.17) is 9.47 Å². The number of rotatable bonds is 4. The number of hydrogen-bond acceptors (Lipinski definition) is 3. The van der Waals surface area contributed by atoms with Crippen LogP contribution < -0.4 is 4.74 Å². The molecular weight excluding hydrogens is 264 g/mol. The van der Waals surface area contributed by atoms with Gasteiger partial charge in [0.05, 0.1) is 17.8 Å².